The summed E-state index contributed by atoms with van der Waals surface area (Å²) in [5.41, 5.74) is 5.67. The van der Waals surface area contributed by atoms with E-state index in [-0.39, 0.29) is 26.2 Å². The first kappa shape index (κ1) is 15.4. The predicted octanol–water partition coefficient (Wildman–Crippen LogP) is 5.00. The molecule has 0 radical (unpaired) electrons. The molecule has 4 rings (SSSR count). The van der Waals surface area contributed by atoms with Crippen LogP contribution in [0.5, 0.6) is 0 Å². The van der Waals surface area contributed by atoms with Gasteiger partial charge in [-0.1, -0.05) is 24.3 Å². The van der Waals surface area contributed by atoms with E-state index in [0.29, 0.717) is 0 Å². The van der Waals surface area contributed by atoms with E-state index in [1.807, 2.05) is 23.5 Å². The van der Waals surface area contributed by atoms with Crippen molar-refractivity contribution < 1.29 is 26.2 Å². The largest absolute Gasteiger partial charge is 0.121 e. The summed E-state index contributed by atoms with van der Waals surface area (Å²) in [5, 5.41) is 0. The first-order valence-electron chi connectivity index (χ1n) is 6.19. The van der Waals surface area contributed by atoms with Crippen LogP contribution in [0.4, 0.5) is 0 Å². The zero-order valence-corrected chi connectivity index (χ0v) is 15.3. The Labute approximate surface area is 143 Å². The third kappa shape index (κ3) is 3.57. The van der Waals surface area contributed by atoms with E-state index >= 15 is 0 Å². The molecule has 0 aromatic heterocycles. The molecule has 2 aliphatic carbocycles. The van der Waals surface area contributed by atoms with E-state index in [1.54, 1.807) is 0 Å². The van der Waals surface area contributed by atoms with Gasteiger partial charge in [-0.15, -0.1) is 23.5 Å². The average molecular weight is 364 g/mol. The molecule has 2 aliphatic heterocycles. The van der Waals surface area contributed by atoms with Crippen LogP contribution in [-0.2, 0) is 26.2 Å². The molecule has 0 N–H and O–H groups in total. The maximum absolute atomic E-state index is 2.28. The third-order valence-electron chi connectivity index (χ3n) is 3.14. The molecule has 2 heterocycles. The van der Waals surface area contributed by atoms with Gasteiger partial charge in [0.15, 0.2) is 0 Å². The summed E-state index contributed by atoms with van der Waals surface area (Å²) in [7, 11) is 0. The Morgan fingerprint density at radius 1 is 0.737 bits per heavy atom. The summed E-state index contributed by atoms with van der Waals surface area (Å²) in [4.78, 5) is 2.93. The molecule has 19 heavy (non-hydrogen) atoms. The number of fused-ring (bicyclic) bond motifs is 2. The van der Waals surface area contributed by atoms with Crippen molar-refractivity contribution in [3.05, 3.63) is 68.6 Å². The minimum Gasteiger partial charge on any atom is -0.121 e. The first-order valence-corrected chi connectivity index (χ1v) is 8.16. The number of hydrogen-bond donors (Lipinski definition) is 0. The van der Waals surface area contributed by atoms with E-state index in [2.05, 4.69) is 50.3 Å². The van der Waals surface area contributed by atoms with Gasteiger partial charge in [-0.05, 0) is 48.3 Å². The summed E-state index contributed by atoms with van der Waals surface area (Å²) < 4.78 is 0. The van der Waals surface area contributed by atoms with Crippen molar-refractivity contribution in [2.45, 2.75) is 13.8 Å². The Balaban J connectivity index is 0.000000133. The van der Waals surface area contributed by atoms with Crippen molar-refractivity contribution in [2.24, 2.45) is 0 Å². The second-order valence-electron chi connectivity index (χ2n) is 4.73. The van der Waals surface area contributed by atoms with Crippen molar-refractivity contribution in [3.63, 3.8) is 0 Å². The second-order valence-corrected chi connectivity index (χ2v) is 6.86. The van der Waals surface area contributed by atoms with Crippen LogP contribution in [0, 0.1) is 0 Å². The predicted molar refractivity (Wildman–Crippen MR) is 84.8 cm³/mol. The van der Waals surface area contributed by atoms with Gasteiger partial charge >= 0.3 is 0 Å². The Morgan fingerprint density at radius 3 is 1.53 bits per heavy atom. The summed E-state index contributed by atoms with van der Waals surface area (Å²) in [6.45, 7) is 4.29. The average Bonchev–Trinajstić information content (AvgIpc) is 2.97. The van der Waals surface area contributed by atoms with Crippen molar-refractivity contribution in [1.29, 1.82) is 0 Å². The molecule has 0 saturated heterocycles. The molecule has 0 aromatic rings. The van der Waals surface area contributed by atoms with Crippen LogP contribution >= 0.6 is 23.5 Å². The van der Waals surface area contributed by atoms with Gasteiger partial charge in [-0.2, -0.15) is 0 Å². The number of thioether (sulfide) groups is 2. The standard InChI is InChI=1S/2C8H8S.Zr/c2*1-6-4-7-2-3-9-8(7)5-6;/h2*2,4-5H,3H2,1H3;. The zero-order valence-electron chi connectivity index (χ0n) is 11.2. The van der Waals surface area contributed by atoms with Gasteiger partial charge in [0.1, 0.15) is 0 Å². The second kappa shape index (κ2) is 6.65. The topological polar surface area (TPSA) is 0 Å². The smallest absolute Gasteiger partial charge is 0.0170 e. The van der Waals surface area contributed by atoms with Gasteiger partial charge in [0.05, 0.1) is 0 Å². The van der Waals surface area contributed by atoms with E-state index in [9.17, 15) is 0 Å². The van der Waals surface area contributed by atoms with Crippen LogP contribution < -0.4 is 0 Å². The van der Waals surface area contributed by atoms with E-state index in [1.165, 1.54) is 43.6 Å². The number of allylic oxidation sites excluding steroid dienone is 8. The van der Waals surface area contributed by atoms with Crippen molar-refractivity contribution >= 4 is 23.5 Å². The van der Waals surface area contributed by atoms with Gasteiger partial charge in [0.2, 0.25) is 0 Å². The Hall–Kier alpha value is 0.0231. The van der Waals surface area contributed by atoms with Crippen LogP contribution in [0.15, 0.2) is 68.6 Å². The molecule has 0 amide bonds. The van der Waals surface area contributed by atoms with Gasteiger partial charge in [0, 0.05) is 47.5 Å². The fraction of sp³-hybridized carbons (Fsp3) is 0.250. The van der Waals surface area contributed by atoms with E-state index < -0.39 is 0 Å². The maximum atomic E-state index is 2.28. The fourth-order valence-electron chi connectivity index (χ4n) is 2.31. The first-order chi connectivity index (χ1) is 8.72. The Bertz CT molecular complexity index is 520. The van der Waals surface area contributed by atoms with Gasteiger partial charge in [-0.25, -0.2) is 0 Å². The third-order valence-corrected chi connectivity index (χ3v) is 5.13. The van der Waals surface area contributed by atoms with Crippen molar-refractivity contribution in [1.82, 2.24) is 0 Å². The summed E-state index contributed by atoms with van der Waals surface area (Å²) in [6.07, 6.45) is 13.6. The van der Waals surface area contributed by atoms with Gasteiger partial charge in [0.25, 0.3) is 0 Å². The molecule has 0 bridgehead atoms. The van der Waals surface area contributed by atoms with Crippen LogP contribution in [0.1, 0.15) is 13.8 Å². The molecule has 0 aromatic carbocycles. The van der Waals surface area contributed by atoms with Crippen molar-refractivity contribution in [2.75, 3.05) is 11.5 Å². The monoisotopic (exact) mass is 362 g/mol. The Kier molecular flexibility index (Phi) is 5.40. The SMILES string of the molecule is CC1=CC2=CCSC2=C1.CC1=CC2=CCSC2=C1.[Zr]. The molecular formula is C16H16S2Zr. The minimum absolute atomic E-state index is 0. The van der Waals surface area contributed by atoms with Gasteiger partial charge < -0.3 is 0 Å². The quantitative estimate of drug-likeness (QED) is 0.594. The molecule has 96 valence electrons. The minimum atomic E-state index is 0. The van der Waals surface area contributed by atoms with Crippen LogP contribution in [0.2, 0.25) is 0 Å². The molecular weight excluding hydrogens is 348 g/mol. The summed E-state index contributed by atoms with van der Waals surface area (Å²) in [5.74, 6) is 2.34. The molecule has 0 unspecified atom stereocenters. The fourth-order valence-corrected chi connectivity index (χ4v) is 4.35. The van der Waals surface area contributed by atoms with Crippen LogP contribution in [-0.4, -0.2) is 11.5 Å². The van der Waals surface area contributed by atoms with Crippen LogP contribution in [0.25, 0.3) is 0 Å². The molecule has 0 saturated carbocycles. The molecule has 4 aliphatic rings. The number of rotatable bonds is 0. The molecule has 0 spiro atoms. The molecule has 0 atom stereocenters. The Morgan fingerprint density at radius 2 is 1.16 bits per heavy atom. The van der Waals surface area contributed by atoms with E-state index in [4.69, 9.17) is 0 Å². The normalized spacial score (nSPS) is 21.8. The number of hydrogen-bond acceptors (Lipinski definition) is 2. The maximum Gasteiger partial charge on any atom is 0.0170 e. The van der Waals surface area contributed by atoms with Gasteiger partial charge in [-0.3, -0.25) is 0 Å². The summed E-state index contributed by atoms with van der Waals surface area (Å²) in [6, 6.07) is 0. The molecule has 0 nitrogen and oxygen atoms in total. The van der Waals surface area contributed by atoms with E-state index in [0.717, 1.165) is 0 Å². The van der Waals surface area contributed by atoms with Crippen molar-refractivity contribution in [3.8, 4) is 0 Å². The summed E-state index contributed by atoms with van der Waals surface area (Å²) >= 11 is 3.87. The zero-order chi connectivity index (χ0) is 12.5. The van der Waals surface area contributed by atoms with Crippen LogP contribution in [0.3, 0.4) is 0 Å². The molecule has 0 fully saturated rings. The molecule has 3 heteroatoms.